The molecular formula is C16H24N2O3. The monoisotopic (exact) mass is 292 g/mol. The van der Waals surface area contributed by atoms with Crippen molar-refractivity contribution >= 4 is 5.97 Å². The molecule has 0 aromatic heterocycles. The van der Waals surface area contributed by atoms with Crippen molar-refractivity contribution in [1.29, 1.82) is 0 Å². The summed E-state index contributed by atoms with van der Waals surface area (Å²) in [5, 5.41) is 12.0. The van der Waals surface area contributed by atoms with Gasteiger partial charge >= 0.3 is 5.97 Å². The molecule has 0 radical (unpaired) electrons. The standard InChI is InChI=1S/C16H24N2O3/c1-17-15(16(19)20)9-13-6-7-18(11-13)10-12-4-3-5-14(8-12)21-2/h3-5,8,13,15,17H,6-7,9-11H2,1-2H3,(H,19,20). The van der Waals surface area contributed by atoms with E-state index in [1.54, 1.807) is 14.2 Å². The lowest BCUT2D eigenvalue weighted by atomic mass is 9.99. The van der Waals surface area contributed by atoms with Gasteiger partial charge in [0.15, 0.2) is 0 Å². The quantitative estimate of drug-likeness (QED) is 0.799. The first kappa shape index (κ1) is 15.8. The van der Waals surface area contributed by atoms with Gasteiger partial charge in [-0.2, -0.15) is 0 Å². The van der Waals surface area contributed by atoms with E-state index in [1.165, 1.54) is 5.56 Å². The number of carbonyl (C=O) groups is 1. The summed E-state index contributed by atoms with van der Waals surface area (Å²) in [4.78, 5) is 13.5. The smallest absolute Gasteiger partial charge is 0.320 e. The van der Waals surface area contributed by atoms with Gasteiger partial charge in [-0.1, -0.05) is 12.1 Å². The van der Waals surface area contributed by atoms with E-state index in [0.717, 1.165) is 31.8 Å². The molecule has 1 aromatic rings. The second kappa shape index (κ2) is 7.43. The van der Waals surface area contributed by atoms with Crippen molar-refractivity contribution in [2.45, 2.75) is 25.4 Å². The van der Waals surface area contributed by atoms with E-state index in [0.29, 0.717) is 12.3 Å². The van der Waals surface area contributed by atoms with Crippen LogP contribution < -0.4 is 10.1 Å². The number of likely N-dealkylation sites (N-methyl/N-ethyl adjacent to an activating group) is 1. The van der Waals surface area contributed by atoms with Crippen LogP contribution in [0.2, 0.25) is 0 Å². The Morgan fingerprint density at radius 2 is 2.38 bits per heavy atom. The second-order valence-corrected chi connectivity index (χ2v) is 5.66. The fourth-order valence-corrected chi connectivity index (χ4v) is 2.95. The van der Waals surface area contributed by atoms with Crippen LogP contribution in [0.25, 0.3) is 0 Å². The third-order valence-corrected chi connectivity index (χ3v) is 4.13. The lowest BCUT2D eigenvalue weighted by molar-refractivity contribution is -0.139. The van der Waals surface area contributed by atoms with Crippen LogP contribution in [0.15, 0.2) is 24.3 Å². The van der Waals surface area contributed by atoms with Crippen LogP contribution in [-0.2, 0) is 11.3 Å². The Kier molecular flexibility index (Phi) is 5.59. The highest BCUT2D eigenvalue weighted by Gasteiger charge is 2.27. The van der Waals surface area contributed by atoms with Crippen LogP contribution in [-0.4, -0.2) is 49.3 Å². The second-order valence-electron chi connectivity index (χ2n) is 5.66. The Balaban J connectivity index is 1.86. The largest absolute Gasteiger partial charge is 0.497 e. The molecule has 116 valence electrons. The Morgan fingerprint density at radius 3 is 3.05 bits per heavy atom. The van der Waals surface area contributed by atoms with E-state index in [9.17, 15) is 4.79 Å². The zero-order chi connectivity index (χ0) is 15.2. The molecule has 0 bridgehead atoms. The van der Waals surface area contributed by atoms with Crippen molar-refractivity contribution in [3.63, 3.8) is 0 Å². The first-order valence-electron chi connectivity index (χ1n) is 7.37. The number of rotatable bonds is 7. The number of ether oxygens (including phenoxy) is 1. The number of nitrogens with zero attached hydrogens (tertiary/aromatic N) is 1. The zero-order valence-electron chi connectivity index (χ0n) is 12.7. The van der Waals surface area contributed by atoms with Gasteiger partial charge in [-0.15, -0.1) is 0 Å². The van der Waals surface area contributed by atoms with Gasteiger partial charge in [-0.25, -0.2) is 0 Å². The average molecular weight is 292 g/mol. The summed E-state index contributed by atoms with van der Waals surface area (Å²) >= 11 is 0. The van der Waals surface area contributed by atoms with Gasteiger partial charge in [0, 0.05) is 13.1 Å². The Hall–Kier alpha value is -1.59. The maximum absolute atomic E-state index is 11.1. The molecule has 0 spiro atoms. The summed E-state index contributed by atoms with van der Waals surface area (Å²) in [6, 6.07) is 7.67. The average Bonchev–Trinajstić information content (AvgIpc) is 2.92. The summed E-state index contributed by atoms with van der Waals surface area (Å²) in [6.45, 7) is 2.88. The molecule has 1 aliphatic rings. The van der Waals surface area contributed by atoms with Gasteiger partial charge in [-0.05, 0) is 50.0 Å². The number of nitrogens with one attached hydrogen (secondary N) is 1. The topological polar surface area (TPSA) is 61.8 Å². The first-order valence-corrected chi connectivity index (χ1v) is 7.37. The molecule has 2 unspecified atom stereocenters. The van der Waals surface area contributed by atoms with Crippen molar-refractivity contribution < 1.29 is 14.6 Å². The summed E-state index contributed by atoms with van der Waals surface area (Å²) in [5.74, 6) is 0.567. The third kappa shape index (κ3) is 4.44. The lowest BCUT2D eigenvalue weighted by Gasteiger charge is -2.18. The molecule has 1 saturated heterocycles. The number of hydrogen-bond acceptors (Lipinski definition) is 4. The minimum absolute atomic E-state index is 0.438. The minimum atomic E-state index is -0.760. The number of aliphatic carboxylic acids is 1. The van der Waals surface area contributed by atoms with Crippen molar-refractivity contribution in [3.8, 4) is 5.75 Å². The molecular weight excluding hydrogens is 268 g/mol. The molecule has 2 N–H and O–H groups in total. The van der Waals surface area contributed by atoms with Crippen molar-refractivity contribution in [2.24, 2.45) is 5.92 Å². The molecule has 21 heavy (non-hydrogen) atoms. The third-order valence-electron chi connectivity index (χ3n) is 4.13. The van der Waals surface area contributed by atoms with Crippen LogP contribution >= 0.6 is 0 Å². The zero-order valence-corrected chi connectivity index (χ0v) is 12.7. The SMILES string of the molecule is CNC(CC1CCN(Cc2cccc(OC)c2)C1)C(=O)O. The number of hydrogen-bond donors (Lipinski definition) is 2. The van der Waals surface area contributed by atoms with Gasteiger partial charge in [0.05, 0.1) is 7.11 Å². The molecule has 1 aliphatic heterocycles. The summed E-state index contributed by atoms with van der Waals surface area (Å²) in [7, 11) is 3.39. The molecule has 0 saturated carbocycles. The van der Waals surface area contributed by atoms with E-state index in [2.05, 4.69) is 22.3 Å². The Labute approximate surface area is 125 Å². The molecule has 2 rings (SSSR count). The van der Waals surface area contributed by atoms with Crippen LogP contribution in [0.5, 0.6) is 5.75 Å². The highest BCUT2D eigenvalue weighted by atomic mass is 16.5. The number of methoxy groups -OCH3 is 1. The molecule has 5 heteroatoms. The van der Waals surface area contributed by atoms with Gasteiger partial charge < -0.3 is 15.2 Å². The van der Waals surface area contributed by atoms with Gasteiger partial charge in [0.1, 0.15) is 11.8 Å². The number of carboxylic acids is 1. The molecule has 1 heterocycles. The number of likely N-dealkylation sites (tertiary alicyclic amines) is 1. The van der Waals surface area contributed by atoms with Gasteiger partial charge in [0.25, 0.3) is 0 Å². The predicted molar refractivity (Wildman–Crippen MR) is 81.5 cm³/mol. The van der Waals surface area contributed by atoms with Crippen molar-refractivity contribution in [2.75, 3.05) is 27.2 Å². The van der Waals surface area contributed by atoms with Crippen molar-refractivity contribution in [1.82, 2.24) is 10.2 Å². The van der Waals surface area contributed by atoms with E-state index in [1.807, 2.05) is 12.1 Å². The van der Waals surface area contributed by atoms with Gasteiger partial charge in [-0.3, -0.25) is 9.69 Å². The molecule has 2 atom stereocenters. The van der Waals surface area contributed by atoms with E-state index < -0.39 is 12.0 Å². The number of benzene rings is 1. The first-order chi connectivity index (χ1) is 10.1. The maximum Gasteiger partial charge on any atom is 0.320 e. The maximum atomic E-state index is 11.1. The van der Waals surface area contributed by atoms with E-state index in [4.69, 9.17) is 9.84 Å². The molecule has 1 fully saturated rings. The molecule has 0 aliphatic carbocycles. The van der Waals surface area contributed by atoms with E-state index >= 15 is 0 Å². The van der Waals surface area contributed by atoms with Crippen LogP contribution in [0.4, 0.5) is 0 Å². The van der Waals surface area contributed by atoms with Crippen LogP contribution in [0.3, 0.4) is 0 Å². The van der Waals surface area contributed by atoms with Crippen LogP contribution in [0, 0.1) is 5.92 Å². The minimum Gasteiger partial charge on any atom is -0.497 e. The van der Waals surface area contributed by atoms with Gasteiger partial charge in [0.2, 0.25) is 0 Å². The summed E-state index contributed by atoms with van der Waals surface area (Å²) in [5.41, 5.74) is 1.23. The lowest BCUT2D eigenvalue weighted by Crippen LogP contribution is -2.36. The van der Waals surface area contributed by atoms with E-state index in [-0.39, 0.29) is 0 Å². The highest BCUT2D eigenvalue weighted by molar-refractivity contribution is 5.73. The van der Waals surface area contributed by atoms with Crippen LogP contribution in [0.1, 0.15) is 18.4 Å². The molecule has 1 aromatic carbocycles. The number of carboxylic acid groups (broad SMARTS) is 1. The Morgan fingerprint density at radius 1 is 1.57 bits per heavy atom. The molecule has 0 amide bonds. The summed E-state index contributed by atoms with van der Waals surface area (Å²) in [6.07, 6.45) is 1.76. The summed E-state index contributed by atoms with van der Waals surface area (Å²) < 4.78 is 5.24. The fourth-order valence-electron chi connectivity index (χ4n) is 2.95. The normalized spacial score (nSPS) is 20.4. The highest BCUT2D eigenvalue weighted by Crippen LogP contribution is 2.23. The Bertz CT molecular complexity index is 478. The predicted octanol–water partition coefficient (Wildman–Crippen LogP) is 1.58. The van der Waals surface area contributed by atoms with Crippen molar-refractivity contribution in [3.05, 3.63) is 29.8 Å². The molecule has 5 nitrogen and oxygen atoms in total. The fraction of sp³-hybridized carbons (Fsp3) is 0.562.